The highest BCUT2D eigenvalue weighted by Crippen LogP contribution is 2.34. The molecule has 1 atom stereocenters. The zero-order valence-corrected chi connectivity index (χ0v) is 24.1. The first-order valence-corrected chi connectivity index (χ1v) is 13.7. The van der Waals surface area contributed by atoms with E-state index in [9.17, 15) is 19.5 Å². The maximum Gasteiger partial charge on any atom is 0.335 e. The lowest BCUT2D eigenvalue weighted by molar-refractivity contribution is 0.0990. The summed E-state index contributed by atoms with van der Waals surface area (Å²) < 4.78 is 23.5. The van der Waals surface area contributed by atoms with Crippen molar-refractivity contribution in [3.8, 4) is 17.2 Å². The van der Waals surface area contributed by atoms with Crippen molar-refractivity contribution in [3.63, 3.8) is 0 Å². The Balaban J connectivity index is 1.44. The van der Waals surface area contributed by atoms with Gasteiger partial charge in [-0.1, -0.05) is 23.8 Å². The van der Waals surface area contributed by atoms with Gasteiger partial charge in [-0.15, -0.1) is 0 Å². The summed E-state index contributed by atoms with van der Waals surface area (Å²) in [5.74, 6) is -0.707. The monoisotopic (exact) mass is 586 g/mol. The zero-order chi connectivity index (χ0) is 30.8. The number of hydrogen-bond donors (Lipinski definition) is 3. The molecule has 0 aliphatic heterocycles. The Morgan fingerprint density at radius 3 is 2.51 bits per heavy atom. The molecule has 0 saturated heterocycles. The van der Waals surface area contributed by atoms with Crippen molar-refractivity contribution < 1.29 is 19.0 Å². The van der Waals surface area contributed by atoms with Crippen LogP contribution in [0.2, 0.25) is 0 Å². The fourth-order valence-corrected chi connectivity index (χ4v) is 4.58. The van der Waals surface area contributed by atoms with Crippen LogP contribution in [0.5, 0.6) is 11.5 Å². The number of ether oxygens (including phenoxy) is 1. The Kier molecular flexibility index (Phi) is 8.22. The molecule has 2 aromatic carbocycles. The Hall–Kier alpha value is -5.10. The Labute approximate surface area is 245 Å². The number of aromatic amines is 1. The van der Waals surface area contributed by atoms with Gasteiger partial charge < -0.3 is 15.2 Å². The van der Waals surface area contributed by atoms with E-state index in [2.05, 4.69) is 20.5 Å². The van der Waals surface area contributed by atoms with Gasteiger partial charge in [-0.05, 0) is 57.5 Å². The number of aliphatic hydroxyl groups is 1. The van der Waals surface area contributed by atoms with Gasteiger partial charge in [0.05, 0.1) is 12.3 Å². The second kappa shape index (κ2) is 12.0. The van der Waals surface area contributed by atoms with Crippen molar-refractivity contribution in [2.24, 2.45) is 0 Å². The van der Waals surface area contributed by atoms with E-state index in [1.165, 1.54) is 35.2 Å². The number of carbonyl (C=O) groups is 1. The largest absolute Gasteiger partial charge is 0.453 e. The van der Waals surface area contributed by atoms with Crippen LogP contribution in [-0.4, -0.2) is 47.9 Å². The minimum Gasteiger partial charge on any atom is -0.453 e. The van der Waals surface area contributed by atoms with Crippen molar-refractivity contribution in [3.05, 3.63) is 104 Å². The number of fused-ring (bicyclic) bond motifs is 1. The molecule has 3 aromatic heterocycles. The number of nitrogens with zero attached hydrogens (tertiary/aromatic N) is 4. The smallest absolute Gasteiger partial charge is 0.335 e. The summed E-state index contributed by atoms with van der Waals surface area (Å²) in [6, 6.07) is 11.9. The molecule has 3 N–H and O–H groups in total. The van der Waals surface area contributed by atoms with Crippen LogP contribution >= 0.6 is 0 Å². The summed E-state index contributed by atoms with van der Waals surface area (Å²) in [6.45, 7) is 7.09. The minimum atomic E-state index is -0.738. The number of carbonyl (C=O) groups excluding carboxylic acids is 1. The van der Waals surface area contributed by atoms with Crippen LogP contribution in [0.15, 0.2) is 70.5 Å². The SMILES string of the molecule is Cc1ccc(-n2c(=O)c(C(=O)Cc3ccc(Oc4ccnc5[nH]nc(N[C@H](C)CO)c45)c(F)c3)cn(C(C)C)c2=O)cc1. The van der Waals surface area contributed by atoms with Crippen LogP contribution < -0.4 is 21.3 Å². The molecule has 0 fully saturated rings. The molecular formula is C31H31FN6O5. The molecule has 222 valence electrons. The molecular weight excluding hydrogens is 555 g/mol. The number of aliphatic hydroxyl groups excluding tert-OH is 1. The first kappa shape index (κ1) is 29.4. The summed E-state index contributed by atoms with van der Waals surface area (Å²) in [6.07, 6.45) is 2.49. The second-order valence-electron chi connectivity index (χ2n) is 10.6. The minimum absolute atomic E-state index is 0.0962. The third kappa shape index (κ3) is 5.95. The molecule has 0 amide bonds. The first-order chi connectivity index (χ1) is 20.6. The normalized spacial score (nSPS) is 12.1. The van der Waals surface area contributed by atoms with Gasteiger partial charge in [0, 0.05) is 37.0 Å². The lowest BCUT2D eigenvalue weighted by atomic mass is 10.0. The Bertz CT molecular complexity index is 1930. The number of ketones is 1. The maximum absolute atomic E-state index is 15.3. The molecule has 43 heavy (non-hydrogen) atoms. The van der Waals surface area contributed by atoms with Gasteiger partial charge in [-0.2, -0.15) is 5.10 Å². The molecule has 0 saturated carbocycles. The predicted octanol–water partition coefficient (Wildman–Crippen LogP) is 4.31. The predicted molar refractivity (Wildman–Crippen MR) is 160 cm³/mol. The Morgan fingerprint density at radius 2 is 1.84 bits per heavy atom. The van der Waals surface area contributed by atoms with E-state index in [-0.39, 0.29) is 42.2 Å². The van der Waals surface area contributed by atoms with Crippen LogP contribution in [0.1, 0.15) is 48.3 Å². The van der Waals surface area contributed by atoms with E-state index in [1.54, 1.807) is 51.1 Å². The number of nitrogens with one attached hydrogen (secondary N) is 2. The van der Waals surface area contributed by atoms with Crippen molar-refractivity contribution in [1.29, 1.82) is 0 Å². The lowest BCUT2D eigenvalue weighted by Crippen LogP contribution is -2.42. The summed E-state index contributed by atoms with van der Waals surface area (Å²) in [5, 5.41) is 19.9. The van der Waals surface area contributed by atoms with E-state index >= 15 is 4.39 Å². The van der Waals surface area contributed by atoms with Crippen LogP contribution in [0.4, 0.5) is 10.2 Å². The number of anilines is 1. The zero-order valence-electron chi connectivity index (χ0n) is 24.1. The van der Waals surface area contributed by atoms with Crippen molar-refractivity contribution >= 4 is 22.6 Å². The summed E-state index contributed by atoms with van der Waals surface area (Å²) in [7, 11) is 0. The molecule has 11 nitrogen and oxygen atoms in total. The number of aryl methyl sites for hydroxylation is 1. The topological polar surface area (TPSA) is 144 Å². The van der Waals surface area contributed by atoms with Crippen molar-refractivity contribution in [2.45, 2.75) is 46.2 Å². The molecule has 5 rings (SSSR count). The maximum atomic E-state index is 15.3. The number of benzene rings is 2. The number of hydrogen-bond acceptors (Lipinski definition) is 8. The summed E-state index contributed by atoms with van der Waals surface area (Å²) in [4.78, 5) is 44.2. The van der Waals surface area contributed by atoms with Gasteiger partial charge in [-0.25, -0.2) is 18.7 Å². The van der Waals surface area contributed by atoms with Crippen LogP contribution in [0.3, 0.4) is 0 Å². The van der Waals surface area contributed by atoms with Crippen LogP contribution in [0.25, 0.3) is 16.7 Å². The molecule has 12 heteroatoms. The van der Waals surface area contributed by atoms with Crippen molar-refractivity contribution in [1.82, 2.24) is 24.3 Å². The summed E-state index contributed by atoms with van der Waals surface area (Å²) in [5.41, 5.74) is 0.565. The second-order valence-corrected chi connectivity index (χ2v) is 10.6. The van der Waals surface area contributed by atoms with E-state index in [0.29, 0.717) is 28.1 Å². The van der Waals surface area contributed by atoms with E-state index < -0.39 is 22.8 Å². The van der Waals surface area contributed by atoms with E-state index in [4.69, 9.17) is 4.74 Å². The molecule has 0 radical (unpaired) electrons. The van der Waals surface area contributed by atoms with Gasteiger partial charge in [0.2, 0.25) is 0 Å². The average Bonchev–Trinajstić information content (AvgIpc) is 3.38. The molecule has 0 aliphatic carbocycles. The van der Waals surface area contributed by atoms with Gasteiger partial charge in [0.15, 0.2) is 28.8 Å². The molecule has 0 spiro atoms. The molecule has 3 heterocycles. The molecule has 0 aliphatic rings. The summed E-state index contributed by atoms with van der Waals surface area (Å²) >= 11 is 0. The number of pyridine rings is 1. The highest BCUT2D eigenvalue weighted by atomic mass is 19.1. The van der Waals surface area contributed by atoms with E-state index in [1.807, 2.05) is 6.92 Å². The third-order valence-corrected chi connectivity index (χ3v) is 6.92. The fourth-order valence-electron chi connectivity index (χ4n) is 4.58. The van der Waals surface area contributed by atoms with E-state index in [0.717, 1.165) is 10.1 Å². The van der Waals surface area contributed by atoms with Gasteiger partial charge in [-0.3, -0.25) is 19.3 Å². The van der Waals surface area contributed by atoms with Crippen molar-refractivity contribution in [2.75, 3.05) is 11.9 Å². The lowest BCUT2D eigenvalue weighted by Gasteiger charge is -2.15. The number of rotatable bonds is 10. The van der Waals surface area contributed by atoms with Gasteiger partial charge in [0.1, 0.15) is 16.7 Å². The third-order valence-electron chi connectivity index (χ3n) is 6.92. The highest BCUT2D eigenvalue weighted by molar-refractivity contribution is 5.97. The molecule has 0 unspecified atom stereocenters. The van der Waals surface area contributed by atoms with Gasteiger partial charge >= 0.3 is 5.69 Å². The number of Topliss-reactive ketones (excluding diaryl/α,β-unsaturated/α-hetero) is 1. The number of halogens is 1. The molecule has 0 bridgehead atoms. The highest BCUT2D eigenvalue weighted by Gasteiger charge is 2.21. The fraction of sp³-hybridized carbons (Fsp3) is 0.258. The standard InChI is InChI=1S/C31H31FN6O5/c1-17(2)37-15-22(30(41)38(31(37)42)21-8-5-18(3)6-9-21)24(40)14-20-7-10-25(23(32)13-20)43-26-11-12-33-28-27(26)29(36-35-28)34-19(4)16-39/h5-13,15,17,19,39H,14,16H2,1-4H3,(H2,33,34,35,36)/t19-/m1/s1. The average molecular weight is 587 g/mol. The quantitative estimate of drug-likeness (QED) is 0.206. The van der Waals surface area contributed by atoms with Crippen LogP contribution in [0, 0.1) is 12.7 Å². The number of aromatic nitrogens is 5. The molecule has 5 aromatic rings. The number of H-pyrrole nitrogens is 1. The van der Waals surface area contributed by atoms with Gasteiger partial charge in [0.25, 0.3) is 5.56 Å². The first-order valence-electron chi connectivity index (χ1n) is 13.7. The Morgan fingerprint density at radius 1 is 1.09 bits per heavy atom. The van der Waals surface area contributed by atoms with Crippen LogP contribution in [-0.2, 0) is 6.42 Å².